The van der Waals surface area contributed by atoms with Crippen LogP contribution in [0.5, 0.6) is 0 Å². The van der Waals surface area contributed by atoms with Crippen LogP contribution in [0.15, 0.2) is 0 Å². The molecule has 0 aromatic carbocycles. The second-order valence-corrected chi connectivity index (χ2v) is 5.38. The van der Waals surface area contributed by atoms with E-state index in [2.05, 4.69) is 10.6 Å². The van der Waals surface area contributed by atoms with Crippen LogP contribution in [0.2, 0.25) is 0 Å². The van der Waals surface area contributed by atoms with Crippen molar-refractivity contribution in [2.75, 3.05) is 6.54 Å². The zero-order valence-electron chi connectivity index (χ0n) is 11.4. The van der Waals surface area contributed by atoms with Crippen molar-refractivity contribution in [3.63, 3.8) is 0 Å². The molecule has 104 valence electrons. The molecule has 0 aliphatic carbocycles. The van der Waals surface area contributed by atoms with E-state index < -0.39 is 17.9 Å². The van der Waals surface area contributed by atoms with Crippen LogP contribution in [0.4, 0.5) is 0 Å². The zero-order chi connectivity index (χ0) is 14.3. The first-order chi connectivity index (χ1) is 8.15. The largest absolute Gasteiger partial charge is 0.480 e. The van der Waals surface area contributed by atoms with Crippen molar-refractivity contribution < 1.29 is 19.5 Å². The summed E-state index contributed by atoms with van der Waals surface area (Å²) in [5.41, 5.74) is -0.145. The number of carbonyl (C=O) groups is 3. The van der Waals surface area contributed by atoms with Crippen LogP contribution in [-0.4, -0.2) is 35.5 Å². The van der Waals surface area contributed by atoms with E-state index in [1.165, 1.54) is 0 Å². The minimum absolute atomic E-state index is 0.145. The second-order valence-electron chi connectivity index (χ2n) is 5.38. The normalized spacial score (nSPS) is 12.7. The third-order valence-electron chi connectivity index (χ3n) is 2.18. The summed E-state index contributed by atoms with van der Waals surface area (Å²) in [5, 5.41) is 13.5. The summed E-state index contributed by atoms with van der Waals surface area (Å²) in [6, 6.07) is -0.906. The molecule has 0 aromatic heterocycles. The van der Waals surface area contributed by atoms with E-state index in [9.17, 15) is 14.4 Å². The van der Waals surface area contributed by atoms with Crippen molar-refractivity contribution in [1.82, 2.24) is 10.6 Å². The smallest absolute Gasteiger partial charge is 0.326 e. The van der Waals surface area contributed by atoms with Crippen LogP contribution < -0.4 is 10.6 Å². The SMILES string of the molecule is CCC(NC(=O)CNC(=O)CC(C)(C)C)C(=O)O. The predicted octanol–water partition coefficient (Wildman–Crippen LogP) is 0.518. The first kappa shape index (κ1) is 16.4. The average molecular weight is 258 g/mol. The Bertz CT molecular complexity index is 321. The van der Waals surface area contributed by atoms with E-state index >= 15 is 0 Å². The molecule has 1 unspecified atom stereocenters. The van der Waals surface area contributed by atoms with Crippen molar-refractivity contribution in [2.24, 2.45) is 5.41 Å². The van der Waals surface area contributed by atoms with Gasteiger partial charge in [-0.05, 0) is 11.8 Å². The first-order valence-corrected chi connectivity index (χ1v) is 5.94. The van der Waals surface area contributed by atoms with E-state index in [1.54, 1.807) is 6.92 Å². The second kappa shape index (κ2) is 6.98. The highest BCUT2D eigenvalue weighted by molar-refractivity contribution is 5.87. The van der Waals surface area contributed by atoms with E-state index in [0.717, 1.165) is 0 Å². The molecule has 18 heavy (non-hydrogen) atoms. The number of carboxylic acids is 1. The molecule has 0 spiro atoms. The number of hydrogen-bond acceptors (Lipinski definition) is 3. The minimum Gasteiger partial charge on any atom is -0.480 e. The van der Waals surface area contributed by atoms with E-state index in [4.69, 9.17) is 5.11 Å². The Balaban J connectivity index is 4.04. The summed E-state index contributed by atoms with van der Waals surface area (Å²) in [4.78, 5) is 33.5. The summed E-state index contributed by atoms with van der Waals surface area (Å²) in [6.45, 7) is 7.23. The zero-order valence-corrected chi connectivity index (χ0v) is 11.4. The summed E-state index contributed by atoms with van der Waals surface area (Å²) >= 11 is 0. The van der Waals surface area contributed by atoms with Gasteiger partial charge in [0.15, 0.2) is 0 Å². The molecule has 0 heterocycles. The molecule has 6 heteroatoms. The Morgan fingerprint density at radius 2 is 1.72 bits per heavy atom. The van der Waals surface area contributed by atoms with Gasteiger partial charge >= 0.3 is 5.97 Å². The van der Waals surface area contributed by atoms with Gasteiger partial charge in [-0.1, -0.05) is 27.7 Å². The third-order valence-corrected chi connectivity index (χ3v) is 2.18. The molecule has 0 aromatic rings. The number of carbonyl (C=O) groups excluding carboxylic acids is 2. The number of amides is 2. The van der Waals surface area contributed by atoms with Gasteiger partial charge in [0, 0.05) is 6.42 Å². The van der Waals surface area contributed by atoms with E-state index in [-0.39, 0.29) is 17.9 Å². The lowest BCUT2D eigenvalue weighted by Gasteiger charge is -2.17. The Kier molecular flexibility index (Phi) is 6.36. The third kappa shape index (κ3) is 7.65. The maximum Gasteiger partial charge on any atom is 0.326 e. The first-order valence-electron chi connectivity index (χ1n) is 5.94. The summed E-state index contributed by atoms with van der Waals surface area (Å²) in [7, 11) is 0. The molecule has 0 aliphatic rings. The predicted molar refractivity (Wildman–Crippen MR) is 66.9 cm³/mol. The van der Waals surface area contributed by atoms with Crippen LogP contribution in [0, 0.1) is 5.41 Å². The highest BCUT2D eigenvalue weighted by Gasteiger charge is 2.19. The fraction of sp³-hybridized carbons (Fsp3) is 0.750. The number of carboxylic acid groups (broad SMARTS) is 1. The van der Waals surface area contributed by atoms with Gasteiger partial charge in [0.05, 0.1) is 6.54 Å². The monoisotopic (exact) mass is 258 g/mol. The van der Waals surface area contributed by atoms with Gasteiger partial charge < -0.3 is 15.7 Å². The van der Waals surface area contributed by atoms with Gasteiger partial charge in [0.1, 0.15) is 6.04 Å². The van der Waals surface area contributed by atoms with Crippen LogP contribution in [0.25, 0.3) is 0 Å². The molecule has 1 atom stereocenters. The molecular formula is C12H22N2O4. The summed E-state index contributed by atoms with van der Waals surface area (Å²) in [6.07, 6.45) is 0.618. The Hall–Kier alpha value is -1.59. The summed E-state index contributed by atoms with van der Waals surface area (Å²) in [5.74, 6) is -1.79. The van der Waals surface area contributed by atoms with E-state index in [0.29, 0.717) is 12.8 Å². The Labute approximate surface area is 107 Å². The fourth-order valence-electron chi connectivity index (χ4n) is 1.31. The molecule has 0 saturated carbocycles. The van der Waals surface area contributed by atoms with Crippen molar-refractivity contribution in [1.29, 1.82) is 0 Å². The highest BCUT2D eigenvalue weighted by Crippen LogP contribution is 2.17. The molecule has 0 radical (unpaired) electrons. The number of nitrogens with one attached hydrogen (secondary N) is 2. The van der Waals surface area contributed by atoms with Crippen LogP contribution >= 0.6 is 0 Å². The molecule has 0 fully saturated rings. The molecule has 0 bridgehead atoms. The van der Waals surface area contributed by atoms with Gasteiger partial charge in [-0.2, -0.15) is 0 Å². The number of aliphatic carboxylic acids is 1. The number of rotatable bonds is 6. The van der Waals surface area contributed by atoms with Crippen LogP contribution in [0.3, 0.4) is 0 Å². The molecule has 0 rings (SSSR count). The fourth-order valence-corrected chi connectivity index (χ4v) is 1.31. The van der Waals surface area contributed by atoms with E-state index in [1.807, 2.05) is 20.8 Å². The average Bonchev–Trinajstić information content (AvgIpc) is 2.20. The van der Waals surface area contributed by atoms with Gasteiger partial charge in [-0.3, -0.25) is 9.59 Å². The quantitative estimate of drug-likeness (QED) is 0.647. The van der Waals surface area contributed by atoms with Crippen molar-refractivity contribution in [2.45, 2.75) is 46.6 Å². The van der Waals surface area contributed by atoms with Gasteiger partial charge in [0.2, 0.25) is 11.8 Å². The number of hydrogen-bond donors (Lipinski definition) is 3. The maximum absolute atomic E-state index is 11.4. The lowest BCUT2D eigenvalue weighted by Crippen LogP contribution is -2.45. The van der Waals surface area contributed by atoms with Crippen LogP contribution in [-0.2, 0) is 14.4 Å². The minimum atomic E-state index is -1.08. The highest BCUT2D eigenvalue weighted by atomic mass is 16.4. The molecule has 0 saturated heterocycles. The standard InChI is InChI=1S/C12H22N2O4/c1-5-8(11(17)18)14-10(16)7-13-9(15)6-12(2,3)4/h8H,5-7H2,1-4H3,(H,13,15)(H,14,16)(H,17,18). The lowest BCUT2D eigenvalue weighted by molar-refractivity contribution is -0.141. The van der Waals surface area contributed by atoms with Crippen LogP contribution in [0.1, 0.15) is 40.5 Å². The van der Waals surface area contributed by atoms with Crippen molar-refractivity contribution in [3.8, 4) is 0 Å². The van der Waals surface area contributed by atoms with Crippen molar-refractivity contribution >= 4 is 17.8 Å². The molecule has 0 aliphatic heterocycles. The Morgan fingerprint density at radius 3 is 2.11 bits per heavy atom. The summed E-state index contributed by atoms with van der Waals surface area (Å²) < 4.78 is 0. The topological polar surface area (TPSA) is 95.5 Å². The molecule has 3 N–H and O–H groups in total. The lowest BCUT2D eigenvalue weighted by atomic mass is 9.92. The molecule has 2 amide bonds. The van der Waals surface area contributed by atoms with Gasteiger partial charge in [-0.25, -0.2) is 4.79 Å². The van der Waals surface area contributed by atoms with Gasteiger partial charge in [-0.15, -0.1) is 0 Å². The Morgan fingerprint density at radius 1 is 1.17 bits per heavy atom. The van der Waals surface area contributed by atoms with Gasteiger partial charge in [0.25, 0.3) is 0 Å². The molecule has 6 nitrogen and oxygen atoms in total. The van der Waals surface area contributed by atoms with Crippen molar-refractivity contribution in [3.05, 3.63) is 0 Å². The molecular weight excluding hydrogens is 236 g/mol. The maximum atomic E-state index is 11.4.